The largest absolute Gasteiger partial charge is 0.480 e. The number of carboxylic acids is 1. The third-order valence-corrected chi connectivity index (χ3v) is 7.55. The van der Waals surface area contributed by atoms with Gasteiger partial charge in [-0.15, -0.1) is 0 Å². The van der Waals surface area contributed by atoms with Gasteiger partial charge in [0.2, 0.25) is 5.91 Å². The standard InChI is InChI=1S/C37H31NO4/c39-34(38-33(36(41)42)25-27-21-23-29(24-22-27)35(40)28-13-5-1-6-14-28)26-37(30-15-7-2-8-16-30,31-17-9-3-10-18-31)32-19-11-4-12-20-32/h1-24,33H,25-26H2,(H,38,39)(H,41,42)/t33-/m0/s1. The van der Waals surface area contributed by atoms with Crippen LogP contribution in [0, 0.1) is 0 Å². The van der Waals surface area contributed by atoms with Gasteiger partial charge in [0.25, 0.3) is 0 Å². The second-order valence-electron chi connectivity index (χ2n) is 10.2. The number of carboxylic acid groups (broad SMARTS) is 1. The highest BCUT2D eigenvalue weighted by atomic mass is 16.4. The second-order valence-corrected chi connectivity index (χ2v) is 10.2. The van der Waals surface area contributed by atoms with Crippen molar-refractivity contribution in [2.75, 3.05) is 0 Å². The first kappa shape index (κ1) is 28.2. The predicted octanol–water partition coefficient (Wildman–Crippen LogP) is 6.45. The van der Waals surface area contributed by atoms with Crippen LogP contribution in [0.4, 0.5) is 0 Å². The number of carbonyl (C=O) groups excluding carboxylic acids is 2. The summed E-state index contributed by atoms with van der Waals surface area (Å²) in [7, 11) is 0. The van der Waals surface area contributed by atoms with Crippen LogP contribution in [0.3, 0.4) is 0 Å². The molecule has 0 heterocycles. The molecule has 5 rings (SSSR count). The molecule has 208 valence electrons. The number of amides is 1. The lowest BCUT2D eigenvalue weighted by molar-refractivity contribution is -0.141. The molecule has 0 aliphatic heterocycles. The summed E-state index contributed by atoms with van der Waals surface area (Å²) >= 11 is 0. The zero-order chi connectivity index (χ0) is 29.4. The maximum absolute atomic E-state index is 13.8. The third kappa shape index (κ3) is 6.21. The van der Waals surface area contributed by atoms with E-state index in [0.717, 1.165) is 16.7 Å². The number of benzene rings is 5. The first-order valence-electron chi connectivity index (χ1n) is 13.8. The normalized spacial score (nSPS) is 11.8. The molecule has 0 saturated carbocycles. The van der Waals surface area contributed by atoms with Crippen molar-refractivity contribution in [3.05, 3.63) is 179 Å². The van der Waals surface area contributed by atoms with E-state index < -0.39 is 17.4 Å². The lowest BCUT2D eigenvalue weighted by atomic mass is 9.67. The van der Waals surface area contributed by atoms with Crippen LogP contribution < -0.4 is 5.32 Å². The SMILES string of the molecule is O=C(CC(c1ccccc1)(c1ccccc1)c1ccccc1)N[C@@H](Cc1ccc(C(=O)c2ccccc2)cc1)C(=O)O. The number of rotatable bonds is 11. The topological polar surface area (TPSA) is 83.5 Å². The zero-order valence-electron chi connectivity index (χ0n) is 23.0. The van der Waals surface area contributed by atoms with Gasteiger partial charge in [-0.2, -0.15) is 0 Å². The quantitative estimate of drug-likeness (QED) is 0.145. The number of ketones is 1. The molecule has 1 atom stereocenters. The Kier molecular flexibility index (Phi) is 8.69. The Balaban J connectivity index is 1.41. The molecule has 0 unspecified atom stereocenters. The minimum Gasteiger partial charge on any atom is -0.480 e. The van der Waals surface area contributed by atoms with Gasteiger partial charge in [-0.05, 0) is 22.3 Å². The lowest BCUT2D eigenvalue weighted by Crippen LogP contribution is -2.45. The van der Waals surface area contributed by atoms with Crippen LogP contribution in [-0.2, 0) is 21.4 Å². The highest BCUT2D eigenvalue weighted by Gasteiger charge is 2.39. The summed E-state index contributed by atoms with van der Waals surface area (Å²) in [6.45, 7) is 0. The molecule has 5 heteroatoms. The van der Waals surface area contributed by atoms with Crippen LogP contribution in [0.5, 0.6) is 0 Å². The van der Waals surface area contributed by atoms with Gasteiger partial charge in [0, 0.05) is 24.0 Å². The maximum Gasteiger partial charge on any atom is 0.326 e. The summed E-state index contributed by atoms with van der Waals surface area (Å²) in [4.78, 5) is 38.8. The monoisotopic (exact) mass is 553 g/mol. The Morgan fingerprint density at radius 1 is 0.571 bits per heavy atom. The molecular weight excluding hydrogens is 522 g/mol. The fraction of sp³-hybridized carbons (Fsp3) is 0.108. The summed E-state index contributed by atoms with van der Waals surface area (Å²) in [5, 5.41) is 12.8. The molecule has 5 nitrogen and oxygen atoms in total. The molecule has 0 aliphatic carbocycles. The van der Waals surface area contributed by atoms with Gasteiger partial charge < -0.3 is 10.4 Å². The fourth-order valence-corrected chi connectivity index (χ4v) is 5.44. The Hall–Kier alpha value is -5.29. The van der Waals surface area contributed by atoms with Gasteiger partial charge in [-0.25, -0.2) is 4.79 Å². The Morgan fingerprint density at radius 2 is 0.976 bits per heavy atom. The molecule has 0 saturated heterocycles. The van der Waals surface area contributed by atoms with Gasteiger partial charge in [-0.3, -0.25) is 9.59 Å². The molecule has 0 radical (unpaired) electrons. The van der Waals surface area contributed by atoms with Crippen LogP contribution in [-0.4, -0.2) is 28.8 Å². The molecule has 1 amide bonds. The molecule has 0 bridgehead atoms. The van der Waals surface area contributed by atoms with Gasteiger partial charge in [0.1, 0.15) is 6.04 Å². The minimum absolute atomic E-state index is 0.0132. The van der Waals surface area contributed by atoms with E-state index in [9.17, 15) is 19.5 Å². The minimum atomic E-state index is -1.15. The van der Waals surface area contributed by atoms with Crippen LogP contribution in [0.15, 0.2) is 146 Å². The predicted molar refractivity (Wildman–Crippen MR) is 163 cm³/mol. The number of hydrogen-bond acceptors (Lipinski definition) is 3. The highest BCUT2D eigenvalue weighted by molar-refractivity contribution is 6.08. The van der Waals surface area contributed by atoms with E-state index in [2.05, 4.69) is 5.32 Å². The molecule has 42 heavy (non-hydrogen) atoms. The van der Waals surface area contributed by atoms with Gasteiger partial charge in [-0.1, -0.05) is 146 Å². The van der Waals surface area contributed by atoms with E-state index >= 15 is 0 Å². The van der Waals surface area contributed by atoms with E-state index in [1.165, 1.54) is 0 Å². The smallest absolute Gasteiger partial charge is 0.326 e. The molecule has 0 fully saturated rings. The number of hydrogen-bond donors (Lipinski definition) is 2. The van der Waals surface area contributed by atoms with Gasteiger partial charge in [0.05, 0.1) is 5.41 Å². The van der Waals surface area contributed by atoms with E-state index in [1.54, 1.807) is 36.4 Å². The van der Waals surface area contributed by atoms with Crippen LogP contribution in [0.1, 0.15) is 44.6 Å². The van der Waals surface area contributed by atoms with Crippen LogP contribution in [0.2, 0.25) is 0 Å². The van der Waals surface area contributed by atoms with Crippen molar-refractivity contribution in [2.24, 2.45) is 0 Å². The molecule has 0 aromatic heterocycles. The van der Waals surface area contributed by atoms with E-state index in [4.69, 9.17) is 0 Å². The van der Waals surface area contributed by atoms with Crippen molar-refractivity contribution in [2.45, 2.75) is 24.3 Å². The Bertz CT molecular complexity index is 1540. The second kappa shape index (κ2) is 12.9. The Morgan fingerprint density at radius 3 is 1.40 bits per heavy atom. The van der Waals surface area contributed by atoms with Crippen molar-refractivity contribution in [1.82, 2.24) is 5.32 Å². The molecule has 2 N–H and O–H groups in total. The van der Waals surface area contributed by atoms with E-state index in [-0.39, 0.29) is 24.5 Å². The molecular formula is C37H31NO4. The van der Waals surface area contributed by atoms with Crippen molar-refractivity contribution < 1.29 is 19.5 Å². The maximum atomic E-state index is 13.8. The first-order valence-corrected chi connectivity index (χ1v) is 13.8. The fourth-order valence-electron chi connectivity index (χ4n) is 5.44. The molecule has 0 aliphatic rings. The summed E-state index contributed by atoms with van der Waals surface area (Å²) < 4.78 is 0. The number of nitrogens with one attached hydrogen (secondary N) is 1. The highest BCUT2D eigenvalue weighted by Crippen LogP contribution is 2.42. The lowest BCUT2D eigenvalue weighted by Gasteiger charge is -2.36. The first-order chi connectivity index (χ1) is 20.5. The number of aliphatic carboxylic acids is 1. The van der Waals surface area contributed by atoms with Gasteiger partial charge >= 0.3 is 5.97 Å². The van der Waals surface area contributed by atoms with Crippen molar-refractivity contribution in [1.29, 1.82) is 0 Å². The summed E-state index contributed by atoms with van der Waals surface area (Å²) in [6.07, 6.45) is 0.0925. The van der Waals surface area contributed by atoms with E-state index in [1.807, 2.05) is 109 Å². The van der Waals surface area contributed by atoms with Gasteiger partial charge in [0.15, 0.2) is 5.78 Å². The van der Waals surface area contributed by atoms with Crippen molar-refractivity contribution >= 4 is 17.7 Å². The van der Waals surface area contributed by atoms with Crippen LogP contribution in [0.25, 0.3) is 0 Å². The summed E-state index contributed by atoms with van der Waals surface area (Å²) in [5.74, 6) is -1.61. The van der Waals surface area contributed by atoms with E-state index in [0.29, 0.717) is 16.7 Å². The number of carbonyl (C=O) groups is 3. The Labute approximate surface area is 245 Å². The molecule has 5 aromatic rings. The average Bonchev–Trinajstić information content (AvgIpc) is 3.05. The molecule has 5 aromatic carbocycles. The summed E-state index contributed by atoms with van der Waals surface area (Å²) in [5.41, 5.74) is 3.76. The third-order valence-electron chi connectivity index (χ3n) is 7.55. The summed E-state index contributed by atoms with van der Waals surface area (Å²) in [6, 6.07) is 44.2. The molecule has 0 spiro atoms. The van der Waals surface area contributed by atoms with Crippen molar-refractivity contribution in [3.63, 3.8) is 0 Å². The van der Waals surface area contributed by atoms with Crippen LogP contribution >= 0.6 is 0 Å². The average molecular weight is 554 g/mol. The van der Waals surface area contributed by atoms with Crippen molar-refractivity contribution in [3.8, 4) is 0 Å². The zero-order valence-corrected chi connectivity index (χ0v) is 23.0.